The van der Waals surface area contributed by atoms with Gasteiger partial charge in [-0.3, -0.25) is 9.78 Å². The number of nitrogens with one attached hydrogen (secondary N) is 1. The van der Waals surface area contributed by atoms with Crippen LogP contribution in [0.5, 0.6) is 11.6 Å². The van der Waals surface area contributed by atoms with Gasteiger partial charge in [-0.25, -0.2) is 9.37 Å². The molecule has 2 aromatic carbocycles. The van der Waals surface area contributed by atoms with Gasteiger partial charge in [-0.1, -0.05) is 12.1 Å². The smallest absolute Gasteiger partial charge is 0.475 e. The fourth-order valence-electron chi connectivity index (χ4n) is 3.93. The zero-order valence-corrected chi connectivity index (χ0v) is 20.8. The molecule has 12 heteroatoms. The van der Waals surface area contributed by atoms with Crippen molar-refractivity contribution in [2.24, 2.45) is 5.73 Å². The first-order valence-electron chi connectivity index (χ1n) is 12.1. The molecule has 0 bridgehead atoms. The SMILES string of the molecule is NC(=O)c1ccc2c(c1)nc(OCCOCCCCNCc1ccc(OC(F)(F)F)c(F)c1)c1ccncc12. The summed E-state index contributed by atoms with van der Waals surface area (Å²) in [6.45, 7) is 2.04. The molecule has 0 saturated carbocycles. The molecule has 3 N–H and O–H groups in total. The highest BCUT2D eigenvalue weighted by atomic mass is 19.4. The average molecular weight is 547 g/mol. The predicted octanol–water partition coefficient (Wildman–Crippen LogP) is 4.89. The third kappa shape index (κ3) is 7.74. The molecule has 4 aromatic rings. The van der Waals surface area contributed by atoms with Gasteiger partial charge in [-0.2, -0.15) is 0 Å². The lowest BCUT2D eigenvalue weighted by atomic mass is 10.1. The Labute approximate surface area is 221 Å². The van der Waals surface area contributed by atoms with Gasteiger partial charge >= 0.3 is 6.36 Å². The van der Waals surface area contributed by atoms with E-state index in [4.69, 9.17) is 15.2 Å². The molecule has 0 aliphatic heterocycles. The summed E-state index contributed by atoms with van der Waals surface area (Å²) in [5.74, 6) is -2.06. The minimum Gasteiger partial charge on any atom is -0.475 e. The molecular weight excluding hydrogens is 520 g/mol. The summed E-state index contributed by atoms with van der Waals surface area (Å²) in [5, 5.41) is 5.57. The third-order valence-corrected chi connectivity index (χ3v) is 5.76. The number of fused-ring (bicyclic) bond motifs is 3. The molecule has 4 rings (SSSR count). The van der Waals surface area contributed by atoms with Crippen molar-refractivity contribution in [2.45, 2.75) is 25.7 Å². The van der Waals surface area contributed by atoms with Gasteiger partial charge in [0.25, 0.3) is 0 Å². The van der Waals surface area contributed by atoms with Crippen molar-refractivity contribution >= 4 is 27.6 Å². The number of benzene rings is 2. The maximum Gasteiger partial charge on any atom is 0.573 e. The minimum atomic E-state index is -4.94. The number of carbonyl (C=O) groups excluding carboxylic acids is 1. The normalized spacial score (nSPS) is 11.7. The zero-order chi connectivity index (χ0) is 27.8. The van der Waals surface area contributed by atoms with Crippen molar-refractivity contribution in [3.05, 3.63) is 71.8 Å². The first kappa shape index (κ1) is 28.0. The molecule has 0 spiro atoms. The molecule has 206 valence electrons. The Bertz CT molecular complexity index is 1450. The molecule has 2 heterocycles. The summed E-state index contributed by atoms with van der Waals surface area (Å²) in [6.07, 6.45) is -0.0253. The molecule has 0 atom stereocenters. The Kier molecular flexibility index (Phi) is 9.10. The maximum atomic E-state index is 13.8. The number of rotatable bonds is 13. The first-order chi connectivity index (χ1) is 18.7. The Morgan fingerprint density at radius 1 is 0.974 bits per heavy atom. The number of ether oxygens (including phenoxy) is 3. The molecule has 0 aliphatic carbocycles. The van der Waals surface area contributed by atoms with Crippen LogP contribution in [0.2, 0.25) is 0 Å². The van der Waals surface area contributed by atoms with Gasteiger partial charge in [-0.05, 0) is 55.3 Å². The number of halogens is 4. The summed E-state index contributed by atoms with van der Waals surface area (Å²) < 4.78 is 65.5. The molecule has 8 nitrogen and oxygen atoms in total. The number of hydrogen-bond donors (Lipinski definition) is 2. The highest BCUT2D eigenvalue weighted by molar-refractivity contribution is 6.09. The van der Waals surface area contributed by atoms with E-state index in [0.717, 1.165) is 41.1 Å². The Balaban J connectivity index is 1.17. The van der Waals surface area contributed by atoms with E-state index in [-0.39, 0.29) is 6.61 Å². The first-order valence-corrected chi connectivity index (χ1v) is 12.1. The summed E-state index contributed by atoms with van der Waals surface area (Å²) in [6, 6.07) is 10.2. The van der Waals surface area contributed by atoms with E-state index in [9.17, 15) is 22.4 Å². The lowest BCUT2D eigenvalue weighted by molar-refractivity contribution is -0.275. The van der Waals surface area contributed by atoms with Crippen molar-refractivity contribution in [2.75, 3.05) is 26.4 Å². The molecule has 0 radical (unpaired) electrons. The van der Waals surface area contributed by atoms with Crippen molar-refractivity contribution < 1.29 is 36.6 Å². The molecule has 0 saturated heterocycles. The van der Waals surface area contributed by atoms with Gasteiger partial charge in [0.05, 0.1) is 12.1 Å². The van der Waals surface area contributed by atoms with Gasteiger partial charge in [0, 0.05) is 47.3 Å². The second-order valence-corrected chi connectivity index (χ2v) is 8.59. The lowest BCUT2D eigenvalue weighted by Crippen LogP contribution is -2.18. The molecule has 2 aromatic heterocycles. The van der Waals surface area contributed by atoms with Gasteiger partial charge in [0.2, 0.25) is 11.8 Å². The van der Waals surface area contributed by atoms with E-state index < -0.39 is 23.8 Å². The van der Waals surface area contributed by atoms with Crippen molar-refractivity contribution in [3.63, 3.8) is 0 Å². The van der Waals surface area contributed by atoms with Crippen LogP contribution in [-0.4, -0.2) is 48.6 Å². The minimum absolute atomic E-state index is 0.267. The number of unbranched alkanes of at least 4 members (excludes halogenated alkanes) is 1. The topological polar surface area (TPSA) is 109 Å². The number of primary amides is 1. The van der Waals surface area contributed by atoms with Crippen LogP contribution in [0.3, 0.4) is 0 Å². The molecular formula is C27H26F4N4O4. The van der Waals surface area contributed by atoms with Crippen LogP contribution in [0.4, 0.5) is 17.6 Å². The number of amides is 1. The second kappa shape index (κ2) is 12.7. The van der Waals surface area contributed by atoms with Gasteiger partial charge < -0.3 is 25.3 Å². The fourth-order valence-corrected chi connectivity index (χ4v) is 3.93. The van der Waals surface area contributed by atoms with E-state index in [1.165, 1.54) is 6.07 Å². The molecule has 1 amide bonds. The standard InChI is InChI=1S/C27H26F4N4O4/c28-22-13-17(3-6-24(22)39-27(29,30)31)15-33-8-1-2-10-37-11-12-38-26-20-7-9-34-16-21(20)19-5-4-18(25(32)36)14-23(19)35-26/h3-7,9,13-14,16,33H,1-2,8,10-12,15H2,(H2,32,36). The van der Waals surface area contributed by atoms with Crippen LogP contribution in [0.1, 0.15) is 28.8 Å². The number of pyridine rings is 2. The van der Waals surface area contributed by atoms with Gasteiger partial charge in [-0.15, -0.1) is 13.2 Å². The Hall–Kier alpha value is -4.03. The number of carbonyl (C=O) groups is 1. The van der Waals surface area contributed by atoms with Crippen LogP contribution >= 0.6 is 0 Å². The van der Waals surface area contributed by atoms with E-state index >= 15 is 0 Å². The maximum absolute atomic E-state index is 13.8. The zero-order valence-electron chi connectivity index (χ0n) is 20.8. The van der Waals surface area contributed by atoms with Crippen LogP contribution in [0.25, 0.3) is 21.7 Å². The molecule has 0 aliphatic rings. The quantitative estimate of drug-likeness (QED) is 0.140. The molecule has 0 fully saturated rings. The number of hydrogen-bond acceptors (Lipinski definition) is 7. The third-order valence-electron chi connectivity index (χ3n) is 5.76. The monoisotopic (exact) mass is 546 g/mol. The largest absolute Gasteiger partial charge is 0.573 e. The highest BCUT2D eigenvalue weighted by Crippen LogP contribution is 2.30. The fraction of sp³-hybridized carbons (Fsp3) is 0.296. The molecule has 39 heavy (non-hydrogen) atoms. The summed E-state index contributed by atoms with van der Waals surface area (Å²) in [5.41, 5.74) is 6.82. The summed E-state index contributed by atoms with van der Waals surface area (Å²) in [7, 11) is 0. The number of nitrogens with zero attached hydrogens (tertiary/aromatic N) is 2. The van der Waals surface area contributed by atoms with Gasteiger partial charge in [0.1, 0.15) is 6.61 Å². The van der Waals surface area contributed by atoms with Crippen LogP contribution in [-0.2, 0) is 11.3 Å². The van der Waals surface area contributed by atoms with Crippen LogP contribution in [0.15, 0.2) is 54.9 Å². The van der Waals surface area contributed by atoms with E-state index in [1.54, 1.807) is 30.6 Å². The van der Waals surface area contributed by atoms with Crippen LogP contribution < -0.4 is 20.5 Å². The number of nitrogens with two attached hydrogens (primary N) is 1. The van der Waals surface area contributed by atoms with Crippen molar-refractivity contribution in [1.82, 2.24) is 15.3 Å². The summed E-state index contributed by atoms with van der Waals surface area (Å²) >= 11 is 0. The van der Waals surface area contributed by atoms with Crippen LogP contribution in [0, 0.1) is 5.82 Å². The summed E-state index contributed by atoms with van der Waals surface area (Å²) in [4.78, 5) is 20.3. The second-order valence-electron chi connectivity index (χ2n) is 8.59. The Morgan fingerprint density at radius 2 is 1.82 bits per heavy atom. The van der Waals surface area contributed by atoms with E-state index in [1.807, 2.05) is 6.07 Å². The molecule has 0 unspecified atom stereocenters. The number of alkyl halides is 3. The number of aromatic nitrogens is 2. The predicted molar refractivity (Wildman–Crippen MR) is 136 cm³/mol. The average Bonchev–Trinajstić information content (AvgIpc) is 2.90. The van der Waals surface area contributed by atoms with Crippen molar-refractivity contribution in [3.8, 4) is 11.6 Å². The lowest BCUT2D eigenvalue weighted by Gasteiger charge is -2.12. The Morgan fingerprint density at radius 3 is 2.59 bits per heavy atom. The van der Waals surface area contributed by atoms with E-state index in [0.29, 0.717) is 48.8 Å². The van der Waals surface area contributed by atoms with Crippen molar-refractivity contribution in [1.29, 1.82) is 0 Å². The van der Waals surface area contributed by atoms with Gasteiger partial charge in [0.15, 0.2) is 11.6 Å². The van der Waals surface area contributed by atoms with E-state index in [2.05, 4.69) is 20.0 Å². The highest BCUT2D eigenvalue weighted by Gasteiger charge is 2.32.